The minimum atomic E-state index is -0.368. The minimum Gasteiger partial charge on any atom is -0.443 e. The number of aryl methyl sites for hydroxylation is 2. The largest absolute Gasteiger partial charge is 0.443 e. The zero-order valence-electron chi connectivity index (χ0n) is 14.0. The summed E-state index contributed by atoms with van der Waals surface area (Å²) in [5, 5.41) is 3.62. The summed E-state index contributed by atoms with van der Waals surface area (Å²) >= 11 is 0. The fourth-order valence-corrected chi connectivity index (χ4v) is 3.37. The lowest BCUT2D eigenvalue weighted by Crippen LogP contribution is -2.27. The lowest BCUT2D eigenvalue weighted by molar-refractivity contribution is -0.117. The molecule has 0 spiro atoms. The molecule has 126 valence electrons. The second kappa shape index (κ2) is 5.81. The van der Waals surface area contributed by atoms with Gasteiger partial charge >= 0.3 is 0 Å². The van der Waals surface area contributed by atoms with Gasteiger partial charge in [0.1, 0.15) is 17.9 Å². The van der Waals surface area contributed by atoms with E-state index < -0.39 is 0 Å². The van der Waals surface area contributed by atoms with Crippen molar-refractivity contribution in [3.63, 3.8) is 0 Å². The smallest absolute Gasteiger partial charge is 0.233 e. The highest BCUT2D eigenvalue weighted by molar-refractivity contribution is 6.06. The van der Waals surface area contributed by atoms with Crippen molar-refractivity contribution in [3.8, 4) is 0 Å². The number of nitrogens with zero attached hydrogens (tertiary/aromatic N) is 2. The van der Waals surface area contributed by atoms with E-state index in [-0.39, 0.29) is 17.6 Å². The first kappa shape index (κ1) is 15.5. The molecule has 1 atom stereocenters. The Morgan fingerprint density at radius 1 is 1.24 bits per heavy atom. The van der Waals surface area contributed by atoms with Crippen LogP contribution in [0.2, 0.25) is 0 Å². The van der Waals surface area contributed by atoms with Gasteiger partial charge in [-0.2, -0.15) is 0 Å². The van der Waals surface area contributed by atoms with Crippen molar-refractivity contribution in [1.29, 1.82) is 0 Å². The summed E-state index contributed by atoms with van der Waals surface area (Å²) in [5.41, 5.74) is 2.78. The van der Waals surface area contributed by atoms with Crippen molar-refractivity contribution in [2.24, 2.45) is 0 Å². The van der Waals surface area contributed by atoms with Crippen LogP contribution in [0.15, 0.2) is 35.0 Å². The van der Waals surface area contributed by atoms with E-state index in [9.17, 15) is 9.59 Å². The number of aromatic nitrogens is 2. The number of nitrogens with one attached hydrogen (secondary N) is 1. The van der Waals surface area contributed by atoms with Gasteiger partial charge in [-0.1, -0.05) is 24.3 Å². The Kier molecular flexibility index (Phi) is 3.60. The first-order valence-electron chi connectivity index (χ1n) is 8.20. The highest BCUT2D eigenvalue weighted by atomic mass is 16.3. The van der Waals surface area contributed by atoms with Gasteiger partial charge in [0.05, 0.1) is 11.3 Å². The van der Waals surface area contributed by atoms with E-state index in [1.807, 2.05) is 32.0 Å². The number of benzene rings is 1. The van der Waals surface area contributed by atoms with Crippen LogP contribution in [0.3, 0.4) is 0 Å². The van der Waals surface area contributed by atoms with Gasteiger partial charge in [0.25, 0.3) is 0 Å². The molecule has 25 heavy (non-hydrogen) atoms. The number of hydrogen-bond acceptors (Lipinski definition) is 5. The fourth-order valence-electron chi connectivity index (χ4n) is 3.37. The molecular formula is C19H17N3O3. The Hall–Kier alpha value is -3.02. The number of furan rings is 1. The van der Waals surface area contributed by atoms with Gasteiger partial charge in [0, 0.05) is 17.5 Å². The van der Waals surface area contributed by atoms with Gasteiger partial charge < -0.3 is 9.73 Å². The van der Waals surface area contributed by atoms with E-state index in [4.69, 9.17) is 4.42 Å². The molecule has 0 radical (unpaired) electrons. The van der Waals surface area contributed by atoms with E-state index in [2.05, 4.69) is 15.3 Å². The number of Topliss-reactive ketones (excluding diaryl/α,β-unsaturated/α-hetero) is 1. The van der Waals surface area contributed by atoms with E-state index in [0.29, 0.717) is 35.3 Å². The molecule has 1 aliphatic rings. The summed E-state index contributed by atoms with van der Waals surface area (Å²) < 4.78 is 5.59. The Labute approximate surface area is 144 Å². The number of ketones is 1. The van der Waals surface area contributed by atoms with Crippen LogP contribution in [0.1, 0.15) is 46.0 Å². The van der Waals surface area contributed by atoms with Crippen LogP contribution in [-0.2, 0) is 4.79 Å². The summed E-state index contributed by atoms with van der Waals surface area (Å²) in [6.45, 7) is 3.76. The fraction of sp³-hybridized carbons (Fsp3) is 0.263. The van der Waals surface area contributed by atoms with Gasteiger partial charge in [-0.3, -0.25) is 9.59 Å². The Morgan fingerprint density at radius 3 is 2.88 bits per heavy atom. The molecule has 0 bridgehead atoms. The first-order chi connectivity index (χ1) is 12.1. The number of hydrogen-bond donors (Lipinski definition) is 1. The quantitative estimate of drug-likeness (QED) is 0.774. The number of rotatable bonds is 2. The average molecular weight is 335 g/mol. The second-order valence-electron chi connectivity index (χ2n) is 6.28. The standard InChI is InChI=1S/C19H17N3O3/c1-10-11(2)25-19-16(10)17(20-9-21-19)22-18(24)14-7-8-15(23)13-6-4-3-5-12(13)14/h3-6,9,14H,7-8H2,1-2H3,(H,20,21,22,24)/t14-/m0/s1. The molecule has 4 rings (SSSR count). The van der Waals surface area contributed by atoms with Crippen LogP contribution >= 0.6 is 0 Å². The predicted octanol–water partition coefficient (Wildman–Crippen LogP) is 3.54. The van der Waals surface area contributed by atoms with Crippen LogP contribution in [0, 0.1) is 13.8 Å². The molecule has 0 unspecified atom stereocenters. The summed E-state index contributed by atoms with van der Waals surface area (Å²) in [6, 6.07) is 7.30. The van der Waals surface area contributed by atoms with Crippen molar-refractivity contribution in [1.82, 2.24) is 9.97 Å². The van der Waals surface area contributed by atoms with E-state index in [1.54, 1.807) is 6.07 Å². The Morgan fingerprint density at radius 2 is 2.04 bits per heavy atom. The zero-order valence-corrected chi connectivity index (χ0v) is 14.0. The molecule has 0 aliphatic heterocycles. The molecule has 2 aromatic heterocycles. The number of amides is 1. The van der Waals surface area contributed by atoms with Crippen LogP contribution in [0.5, 0.6) is 0 Å². The van der Waals surface area contributed by atoms with Gasteiger partial charge in [0.15, 0.2) is 5.78 Å². The first-order valence-corrected chi connectivity index (χ1v) is 8.20. The van der Waals surface area contributed by atoms with Crippen LogP contribution in [0.4, 0.5) is 5.82 Å². The van der Waals surface area contributed by atoms with Crippen LogP contribution in [0.25, 0.3) is 11.1 Å². The number of carbonyl (C=O) groups excluding carboxylic acids is 2. The number of carbonyl (C=O) groups is 2. The topological polar surface area (TPSA) is 85.1 Å². The summed E-state index contributed by atoms with van der Waals surface area (Å²) in [6.07, 6.45) is 2.25. The summed E-state index contributed by atoms with van der Waals surface area (Å²) in [4.78, 5) is 33.3. The molecule has 1 N–H and O–H groups in total. The molecule has 3 aromatic rings. The predicted molar refractivity (Wildman–Crippen MR) is 92.7 cm³/mol. The molecule has 2 heterocycles. The monoisotopic (exact) mass is 335 g/mol. The molecule has 0 saturated heterocycles. The van der Waals surface area contributed by atoms with Gasteiger partial charge in [0.2, 0.25) is 11.6 Å². The maximum Gasteiger partial charge on any atom is 0.233 e. The van der Waals surface area contributed by atoms with Crippen molar-refractivity contribution < 1.29 is 14.0 Å². The zero-order chi connectivity index (χ0) is 17.6. The Balaban J connectivity index is 1.70. The molecule has 0 fully saturated rings. The molecule has 0 saturated carbocycles. The second-order valence-corrected chi connectivity index (χ2v) is 6.28. The van der Waals surface area contributed by atoms with Crippen molar-refractivity contribution in [3.05, 3.63) is 53.0 Å². The molecule has 6 nitrogen and oxygen atoms in total. The lowest BCUT2D eigenvalue weighted by Gasteiger charge is -2.23. The molecular weight excluding hydrogens is 318 g/mol. The third kappa shape index (κ3) is 2.50. The summed E-state index contributed by atoms with van der Waals surface area (Å²) in [5.74, 6) is 0.745. The maximum absolute atomic E-state index is 12.9. The van der Waals surface area contributed by atoms with E-state index >= 15 is 0 Å². The third-order valence-electron chi connectivity index (χ3n) is 4.82. The number of anilines is 1. The number of fused-ring (bicyclic) bond motifs is 2. The van der Waals surface area contributed by atoms with Crippen LogP contribution < -0.4 is 5.32 Å². The maximum atomic E-state index is 12.9. The summed E-state index contributed by atoms with van der Waals surface area (Å²) in [7, 11) is 0. The SMILES string of the molecule is Cc1oc2ncnc(NC(=O)[C@H]3CCC(=O)c4ccccc43)c2c1C. The lowest BCUT2D eigenvalue weighted by atomic mass is 9.81. The van der Waals surface area contributed by atoms with Gasteiger partial charge in [-0.25, -0.2) is 9.97 Å². The van der Waals surface area contributed by atoms with Crippen LogP contribution in [-0.4, -0.2) is 21.7 Å². The van der Waals surface area contributed by atoms with Gasteiger partial charge in [-0.05, 0) is 25.8 Å². The minimum absolute atomic E-state index is 0.0883. The third-order valence-corrected chi connectivity index (χ3v) is 4.82. The Bertz CT molecular complexity index is 1010. The highest BCUT2D eigenvalue weighted by Crippen LogP contribution is 2.34. The molecule has 1 amide bonds. The average Bonchev–Trinajstić information content (AvgIpc) is 2.91. The molecule has 6 heteroatoms. The van der Waals surface area contributed by atoms with Crippen molar-refractivity contribution in [2.45, 2.75) is 32.6 Å². The molecule has 1 aromatic carbocycles. The van der Waals surface area contributed by atoms with E-state index in [0.717, 1.165) is 16.9 Å². The molecule has 1 aliphatic carbocycles. The van der Waals surface area contributed by atoms with E-state index in [1.165, 1.54) is 6.33 Å². The van der Waals surface area contributed by atoms with Gasteiger partial charge in [-0.15, -0.1) is 0 Å². The highest BCUT2D eigenvalue weighted by Gasteiger charge is 2.31. The van der Waals surface area contributed by atoms with Crippen molar-refractivity contribution in [2.75, 3.05) is 5.32 Å². The normalized spacial score (nSPS) is 16.7. The van der Waals surface area contributed by atoms with Crippen molar-refractivity contribution >= 4 is 28.6 Å².